The van der Waals surface area contributed by atoms with Gasteiger partial charge in [-0.1, -0.05) is 67.6 Å². The molecule has 0 saturated heterocycles. The first-order valence-electron chi connectivity index (χ1n) is 7.46. The number of hydrogen-bond acceptors (Lipinski definition) is 1. The van der Waals surface area contributed by atoms with Crippen molar-refractivity contribution in [2.75, 3.05) is 0 Å². The molecule has 1 aromatic heterocycles. The van der Waals surface area contributed by atoms with E-state index >= 15 is 0 Å². The molecule has 0 spiro atoms. The highest BCUT2D eigenvalue weighted by molar-refractivity contribution is 6.36. The average molecular weight is 325 g/mol. The zero-order valence-corrected chi connectivity index (χ0v) is 13.6. The summed E-state index contributed by atoms with van der Waals surface area (Å²) < 4.78 is 0. The summed E-state index contributed by atoms with van der Waals surface area (Å²) in [5.41, 5.74) is 3.76. The molecule has 0 atom stereocenters. The third-order valence-electron chi connectivity index (χ3n) is 3.79. The van der Waals surface area contributed by atoms with Crippen molar-refractivity contribution in [1.29, 1.82) is 0 Å². The number of hydrogen-bond donors (Lipinski definition) is 2. The highest BCUT2D eigenvalue weighted by Crippen LogP contribution is 2.35. The molecule has 0 aliphatic carbocycles. The fourth-order valence-electron chi connectivity index (χ4n) is 2.57. The van der Waals surface area contributed by atoms with E-state index in [1.165, 1.54) is 0 Å². The Morgan fingerprint density at radius 3 is 2.61 bits per heavy atom. The zero-order chi connectivity index (χ0) is 16.4. The smallest absolute Gasteiger partial charge is 0.272 e. The van der Waals surface area contributed by atoms with Gasteiger partial charge in [-0.05, 0) is 18.1 Å². The average Bonchev–Trinajstić information content (AvgIpc) is 2.96. The van der Waals surface area contributed by atoms with E-state index in [1.807, 2.05) is 55.5 Å². The molecular formula is C19H17ClN2O. The number of amides is 1. The molecule has 1 amide bonds. The number of allylic oxidation sites excluding steroid dienone is 1. The van der Waals surface area contributed by atoms with Gasteiger partial charge in [0.2, 0.25) is 0 Å². The number of aromatic amines is 1. The molecular weight excluding hydrogens is 308 g/mol. The van der Waals surface area contributed by atoms with Crippen LogP contribution in [0.15, 0.2) is 60.8 Å². The first kappa shape index (κ1) is 15.4. The van der Waals surface area contributed by atoms with Crippen LogP contribution in [0.3, 0.4) is 0 Å². The zero-order valence-electron chi connectivity index (χ0n) is 12.8. The second-order valence-corrected chi connectivity index (χ2v) is 5.72. The van der Waals surface area contributed by atoms with Crippen LogP contribution in [0, 0.1) is 0 Å². The van der Waals surface area contributed by atoms with Crippen LogP contribution >= 0.6 is 11.6 Å². The van der Waals surface area contributed by atoms with Gasteiger partial charge in [-0.2, -0.15) is 0 Å². The van der Waals surface area contributed by atoms with Crippen LogP contribution in [0.2, 0.25) is 5.02 Å². The Labute approximate surface area is 140 Å². The van der Waals surface area contributed by atoms with Gasteiger partial charge in [-0.3, -0.25) is 4.79 Å². The number of para-hydroxylation sites is 1. The Morgan fingerprint density at radius 2 is 1.91 bits per heavy atom. The Hall–Kier alpha value is -2.52. The van der Waals surface area contributed by atoms with Crippen LogP contribution in [0.4, 0.5) is 0 Å². The first-order chi connectivity index (χ1) is 11.1. The second kappa shape index (κ2) is 6.31. The highest BCUT2D eigenvalue weighted by atomic mass is 35.5. The summed E-state index contributed by atoms with van der Waals surface area (Å²) in [4.78, 5) is 15.8. The molecule has 0 unspecified atom stereocenters. The van der Waals surface area contributed by atoms with E-state index in [0.29, 0.717) is 22.8 Å². The number of carbonyl (C=O) groups excluding carboxylic acids is 1. The molecule has 1 heterocycles. The molecule has 3 rings (SSSR count). The van der Waals surface area contributed by atoms with E-state index in [0.717, 1.165) is 22.0 Å². The van der Waals surface area contributed by atoms with Crippen molar-refractivity contribution in [3.63, 3.8) is 0 Å². The monoisotopic (exact) mass is 324 g/mol. The minimum absolute atomic E-state index is 0.206. The highest BCUT2D eigenvalue weighted by Gasteiger charge is 2.20. The van der Waals surface area contributed by atoms with Gasteiger partial charge < -0.3 is 10.3 Å². The molecule has 0 radical (unpaired) electrons. The minimum Gasteiger partial charge on any atom is -0.349 e. The van der Waals surface area contributed by atoms with Gasteiger partial charge in [0.25, 0.3) is 5.91 Å². The molecule has 23 heavy (non-hydrogen) atoms. The van der Waals surface area contributed by atoms with Crippen molar-refractivity contribution in [3.8, 4) is 11.1 Å². The largest absolute Gasteiger partial charge is 0.349 e. The van der Waals surface area contributed by atoms with Gasteiger partial charge in [-0.25, -0.2) is 0 Å². The fourth-order valence-corrected chi connectivity index (χ4v) is 2.79. The normalized spacial score (nSPS) is 10.7. The number of benzene rings is 2. The van der Waals surface area contributed by atoms with E-state index < -0.39 is 0 Å². The molecule has 4 heteroatoms. The molecule has 0 saturated carbocycles. The van der Waals surface area contributed by atoms with Crippen LogP contribution in [-0.2, 0) is 0 Å². The van der Waals surface area contributed by atoms with Gasteiger partial charge >= 0.3 is 0 Å². The Morgan fingerprint density at radius 1 is 1.17 bits per heavy atom. The molecule has 0 fully saturated rings. The molecule has 0 bridgehead atoms. The minimum atomic E-state index is -0.206. The SMILES string of the molecule is C=C(CC)NC(=O)c1[nH]c2c(Cl)cccc2c1-c1ccccc1. The quantitative estimate of drug-likeness (QED) is 0.685. The molecule has 0 aliphatic rings. The topological polar surface area (TPSA) is 44.9 Å². The van der Waals surface area contributed by atoms with Gasteiger partial charge in [0, 0.05) is 16.6 Å². The van der Waals surface area contributed by atoms with E-state index in [4.69, 9.17) is 11.6 Å². The maximum Gasteiger partial charge on any atom is 0.272 e. The van der Waals surface area contributed by atoms with Crippen LogP contribution in [0.1, 0.15) is 23.8 Å². The molecule has 116 valence electrons. The molecule has 3 nitrogen and oxygen atoms in total. The van der Waals surface area contributed by atoms with Crippen LogP contribution in [0.25, 0.3) is 22.0 Å². The van der Waals surface area contributed by atoms with Gasteiger partial charge in [0.15, 0.2) is 0 Å². The first-order valence-corrected chi connectivity index (χ1v) is 7.84. The van der Waals surface area contributed by atoms with Crippen molar-refractivity contribution in [1.82, 2.24) is 10.3 Å². The van der Waals surface area contributed by atoms with E-state index in [-0.39, 0.29) is 5.91 Å². The molecule has 2 aromatic carbocycles. The van der Waals surface area contributed by atoms with Crippen molar-refractivity contribution in [2.24, 2.45) is 0 Å². The van der Waals surface area contributed by atoms with Crippen LogP contribution in [-0.4, -0.2) is 10.9 Å². The number of aromatic nitrogens is 1. The van der Waals surface area contributed by atoms with Crippen molar-refractivity contribution in [2.45, 2.75) is 13.3 Å². The number of rotatable bonds is 4. The lowest BCUT2D eigenvalue weighted by atomic mass is 10.0. The lowest BCUT2D eigenvalue weighted by Gasteiger charge is -2.07. The summed E-state index contributed by atoms with van der Waals surface area (Å²) in [6.45, 7) is 5.79. The summed E-state index contributed by atoms with van der Waals surface area (Å²) in [6.07, 6.45) is 0.688. The molecule has 3 aromatic rings. The van der Waals surface area contributed by atoms with E-state index in [2.05, 4.69) is 16.9 Å². The molecule has 2 N–H and O–H groups in total. The van der Waals surface area contributed by atoms with Gasteiger partial charge in [-0.15, -0.1) is 0 Å². The Balaban J connectivity index is 2.22. The van der Waals surface area contributed by atoms with Crippen molar-refractivity contribution < 1.29 is 4.79 Å². The molecule has 0 aliphatic heterocycles. The third-order valence-corrected chi connectivity index (χ3v) is 4.10. The van der Waals surface area contributed by atoms with Crippen molar-refractivity contribution >= 4 is 28.4 Å². The predicted molar refractivity (Wildman–Crippen MR) is 95.6 cm³/mol. The van der Waals surface area contributed by atoms with Gasteiger partial charge in [0.05, 0.1) is 10.5 Å². The van der Waals surface area contributed by atoms with Gasteiger partial charge in [0.1, 0.15) is 5.69 Å². The second-order valence-electron chi connectivity index (χ2n) is 5.31. The Kier molecular flexibility index (Phi) is 4.22. The summed E-state index contributed by atoms with van der Waals surface area (Å²) in [5.74, 6) is -0.206. The maximum absolute atomic E-state index is 12.6. The number of halogens is 1. The third kappa shape index (κ3) is 2.88. The summed E-state index contributed by atoms with van der Waals surface area (Å²) in [7, 11) is 0. The maximum atomic E-state index is 12.6. The van der Waals surface area contributed by atoms with Crippen molar-refractivity contribution in [3.05, 3.63) is 71.5 Å². The summed E-state index contributed by atoms with van der Waals surface area (Å²) in [5, 5.41) is 4.35. The van der Waals surface area contributed by atoms with Crippen LogP contribution < -0.4 is 5.32 Å². The van der Waals surface area contributed by atoms with E-state index in [9.17, 15) is 4.79 Å². The lowest BCUT2D eigenvalue weighted by Crippen LogP contribution is -2.22. The number of nitrogens with one attached hydrogen (secondary N) is 2. The van der Waals surface area contributed by atoms with E-state index in [1.54, 1.807) is 0 Å². The fraction of sp³-hybridized carbons (Fsp3) is 0.105. The predicted octanol–water partition coefficient (Wildman–Crippen LogP) is 5.14. The number of fused-ring (bicyclic) bond motifs is 1. The van der Waals surface area contributed by atoms with Crippen LogP contribution in [0.5, 0.6) is 0 Å². The summed E-state index contributed by atoms with van der Waals surface area (Å²) in [6, 6.07) is 15.5. The lowest BCUT2D eigenvalue weighted by molar-refractivity contribution is 0.0961. The summed E-state index contributed by atoms with van der Waals surface area (Å²) >= 11 is 6.29. The Bertz CT molecular complexity index is 881. The standard InChI is InChI=1S/C19H17ClN2O/c1-3-12(2)21-19(23)18-16(13-8-5-4-6-9-13)14-10-7-11-15(20)17(14)22-18/h4-11,22H,2-3H2,1H3,(H,21,23). The number of H-pyrrole nitrogens is 1. The number of carbonyl (C=O) groups is 1.